The van der Waals surface area contributed by atoms with Gasteiger partial charge in [0.25, 0.3) is 0 Å². The first-order chi connectivity index (χ1) is 5.41. The van der Waals surface area contributed by atoms with Crippen LogP contribution in [0.5, 0.6) is 0 Å². The SMILES string of the molecule is C1CC2(CCN1)COC2.CC. The van der Waals surface area contributed by atoms with Crippen molar-refractivity contribution in [2.24, 2.45) is 5.41 Å². The van der Waals surface area contributed by atoms with E-state index in [9.17, 15) is 0 Å². The van der Waals surface area contributed by atoms with Crippen LogP contribution in [0.1, 0.15) is 26.7 Å². The molecule has 2 aliphatic rings. The zero-order chi connectivity index (χ0) is 8.16. The van der Waals surface area contributed by atoms with Crippen LogP contribution in [0, 0.1) is 5.41 Å². The lowest BCUT2D eigenvalue weighted by Gasteiger charge is -2.44. The predicted octanol–water partition coefficient (Wildman–Crippen LogP) is 1.41. The van der Waals surface area contributed by atoms with Crippen molar-refractivity contribution in [2.45, 2.75) is 26.7 Å². The Bertz CT molecular complexity index is 102. The Hall–Kier alpha value is -0.0800. The summed E-state index contributed by atoms with van der Waals surface area (Å²) >= 11 is 0. The molecule has 0 saturated carbocycles. The molecule has 2 rings (SSSR count). The zero-order valence-corrected chi connectivity index (χ0v) is 7.65. The molecule has 0 aromatic heterocycles. The van der Waals surface area contributed by atoms with Crippen molar-refractivity contribution in [1.82, 2.24) is 5.32 Å². The fourth-order valence-corrected chi connectivity index (χ4v) is 1.64. The highest BCUT2D eigenvalue weighted by Crippen LogP contribution is 2.35. The standard InChI is InChI=1S/C7H13NO.C2H6/c1-3-8-4-2-7(1)5-9-6-7;1-2/h8H,1-6H2;1-2H3. The van der Waals surface area contributed by atoms with Gasteiger partial charge in [-0.15, -0.1) is 0 Å². The molecule has 0 radical (unpaired) electrons. The summed E-state index contributed by atoms with van der Waals surface area (Å²) in [6.07, 6.45) is 2.65. The number of piperidine rings is 1. The third-order valence-electron chi connectivity index (χ3n) is 2.48. The molecule has 2 heterocycles. The maximum absolute atomic E-state index is 5.19. The summed E-state index contributed by atoms with van der Waals surface area (Å²) in [7, 11) is 0. The molecule has 0 unspecified atom stereocenters. The Morgan fingerprint density at radius 1 is 1.09 bits per heavy atom. The summed E-state index contributed by atoms with van der Waals surface area (Å²) in [6, 6.07) is 0. The van der Waals surface area contributed by atoms with Crippen LogP contribution in [0.3, 0.4) is 0 Å². The topological polar surface area (TPSA) is 21.3 Å². The summed E-state index contributed by atoms with van der Waals surface area (Å²) in [5.41, 5.74) is 0.616. The highest BCUT2D eigenvalue weighted by Gasteiger charge is 2.38. The van der Waals surface area contributed by atoms with Crippen molar-refractivity contribution in [3.63, 3.8) is 0 Å². The van der Waals surface area contributed by atoms with Crippen LogP contribution < -0.4 is 5.32 Å². The second-order valence-corrected chi connectivity index (χ2v) is 3.24. The monoisotopic (exact) mass is 157 g/mol. The van der Waals surface area contributed by atoms with Crippen LogP contribution in [0.4, 0.5) is 0 Å². The van der Waals surface area contributed by atoms with E-state index in [1.165, 1.54) is 25.9 Å². The van der Waals surface area contributed by atoms with E-state index in [1.807, 2.05) is 13.8 Å². The maximum Gasteiger partial charge on any atom is 0.0545 e. The van der Waals surface area contributed by atoms with E-state index < -0.39 is 0 Å². The van der Waals surface area contributed by atoms with Gasteiger partial charge in [-0.25, -0.2) is 0 Å². The molecule has 2 heteroatoms. The summed E-state index contributed by atoms with van der Waals surface area (Å²) in [6.45, 7) is 8.44. The number of nitrogens with one attached hydrogen (secondary N) is 1. The lowest BCUT2D eigenvalue weighted by atomic mass is 9.77. The van der Waals surface area contributed by atoms with Gasteiger partial charge in [-0.3, -0.25) is 0 Å². The van der Waals surface area contributed by atoms with Gasteiger partial charge in [0.05, 0.1) is 13.2 Å². The fourth-order valence-electron chi connectivity index (χ4n) is 1.64. The van der Waals surface area contributed by atoms with Crippen LogP contribution in [0.15, 0.2) is 0 Å². The minimum absolute atomic E-state index is 0.616. The lowest BCUT2D eigenvalue weighted by Crippen LogP contribution is -2.49. The Morgan fingerprint density at radius 3 is 1.91 bits per heavy atom. The van der Waals surface area contributed by atoms with E-state index in [4.69, 9.17) is 4.74 Å². The maximum atomic E-state index is 5.19. The molecular formula is C9H19NO. The average molecular weight is 157 g/mol. The van der Waals surface area contributed by atoms with Gasteiger partial charge in [-0.2, -0.15) is 0 Å². The minimum Gasteiger partial charge on any atom is -0.380 e. The number of hydrogen-bond donors (Lipinski definition) is 1. The van der Waals surface area contributed by atoms with E-state index >= 15 is 0 Å². The highest BCUT2D eigenvalue weighted by atomic mass is 16.5. The summed E-state index contributed by atoms with van der Waals surface area (Å²) in [5, 5.41) is 3.35. The van der Waals surface area contributed by atoms with Gasteiger partial charge in [0.1, 0.15) is 0 Å². The molecular weight excluding hydrogens is 138 g/mol. The van der Waals surface area contributed by atoms with Crippen molar-refractivity contribution in [3.8, 4) is 0 Å². The van der Waals surface area contributed by atoms with Crippen LogP contribution in [-0.4, -0.2) is 26.3 Å². The fraction of sp³-hybridized carbons (Fsp3) is 1.00. The highest BCUT2D eigenvalue weighted by molar-refractivity contribution is 4.89. The zero-order valence-electron chi connectivity index (χ0n) is 7.65. The molecule has 1 N–H and O–H groups in total. The van der Waals surface area contributed by atoms with Gasteiger partial charge >= 0.3 is 0 Å². The predicted molar refractivity (Wildman–Crippen MR) is 46.7 cm³/mol. The molecule has 0 aromatic carbocycles. The number of ether oxygens (including phenoxy) is 1. The molecule has 2 nitrogen and oxygen atoms in total. The lowest BCUT2D eigenvalue weighted by molar-refractivity contribution is -0.127. The van der Waals surface area contributed by atoms with Crippen molar-refractivity contribution >= 4 is 0 Å². The first-order valence-corrected chi connectivity index (χ1v) is 4.70. The van der Waals surface area contributed by atoms with Gasteiger partial charge in [0, 0.05) is 5.41 Å². The quantitative estimate of drug-likeness (QED) is 0.574. The Labute approximate surface area is 69.3 Å². The number of hydrogen-bond acceptors (Lipinski definition) is 2. The van der Waals surface area contributed by atoms with Gasteiger partial charge < -0.3 is 10.1 Å². The van der Waals surface area contributed by atoms with Crippen molar-refractivity contribution in [3.05, 3.63) is 0 Å². The summed E-state index contributed by atoms with van der Waals surface area (Å²) < 4.78 is 5.19. The normalized spacial score (nSPS) is 26.7. The van der Waals surface area contributed by atoms with Crippen LogP contribution in [-0.2, 0) is 4.74 Å². The Balaban J connectivity index is 0.000000281. The van der Waals surface area contributed by atoms with Gasteiger partial charge in [0.2, 0.25) is 0 Å². The molecule has 0 amide bonds. The second-order valence-electron chi connectivity index (χ2n) is 3.24. The van der Waals surface area contributed by atoms with Crippen LogP contribution in [0.25, 0.3) is 0 Å². The Kier molecular flexibility index (Phi) is 3.34. The van der Waals surface area contributed by atoms with Crippen LogP contribution >= 0.6 is 0 Å². The minimum atomic E-state index is 0.616. The van der Waals surface area contributed by atoms with E-state index in [1.54, 1.807) is 0 Å². The average Bonchev–Trinajstić information content (AvgIpc) is 2.07. The second kappa shape index (κ2) is 4.07. The molecule has 0 atom stereocenters. The molecule has 2 aliphatic heterocycles. The molecule has 0 aromatic rings. The summed E-state index contributed by atoms with van der Waals surface area (Å²) in [4.78, 5) is 0. The molecule has 11 heavy (non-hydrogen) atoms. The summed E-state index contributed by atoms with van der Waals surface area (Å²) in [5.74, 6) is 0. The molecule has 2 fully saturated rings. The molecule has 1 spiro atoms. The van der Waals surface area contributed by atoms with E-state index in [-0.39, 0.29) is 0 Å². The van der Waals surface area contributed by atoms with Gasteiger partial charge in [0.15, 0.2) is 0 Å². The third-order valence-corrected chi connectivity index (χ3v) is 2.48. The third kappa shape index (κ3) is 1.94. The Morgan fingerprint density at radius 2 is 1.64 bits per heavy atom. The van der Waals surface area contributed by atoms with E-state index in [2.05, 4.69) is 5.32 Å². The first kappa shape index (κ1) is 9.01. The molecule has 66 valence electrons. The van der Waals surface area contributed by atoms with Crippen molar-refractivity contribution < 1.29 is 4.74 Å². The van der Waals surface area contributed by atoms with Crippen molar-refractivity contribution in [1.29, 1.82) is 0 Å². The number of rotatable bonds is 0. The molecule has 0 aliphatic carbocycles. The van der Waals surface area contributed by atoms with Gasteiger partial charge in [-0.1, -0.05) is 13.8 Å². The van der Waals surface area contributed by atoms with Crippen molar-refractivity contribution in [2.75, 3.05) is 26.3 Å². The van der Waals surface area contributed by atoms with E-state index in [0.29, 0.717) is 5.41 Å². The first-order valence-electron chi connectivity index (χ1n) is 4.70. The molecule has 0 bridgehead atoms. The van der Waals surface area contributed by atoms with Gasteiger partial charge in [-0.05, 0) is 25.9 Å². The van der Waals surface area contributed by atoms with E-state index in [0.717, 1.165) is 13.2 Å². The molecule has 2 saturated heterocycles. The van der Waals surface area contributed by atoms with Crippen LogP contribution in [0.2, 0.25) is 0 Å². The smallest absolute Gasteiger partial charge is 0.0545 e. The largest absolute Gasteiger partial charge is 0.380 e.